The number of fused-ring (bicyclic) bond motifs is 1. The number of rotatable bonds is 5. The minimum atomic E-state index is -2.97. The second-order valence-corrected chi connectivity index (χ2v) is 8.69. The number of para-hydroxylation sites is 1. The van der Waals surface area contributed by atoms with Gasteiger partial charge in [0.15, 0.2) is 15.6 Å². The average Bonchev–Trinajstić information content (AvgIpc) is 3.12. The molecule has 1 saturated heterocycles. The monoisotopic (exact) mass is 362 g/mol. The SMILES string of the molecule is CCc1c(/C(C)=N\NC(=O)C[C@@H]2CCS(=O)(=O)C2)oc2ccccc12. The van der Waals surface area contributed by atoms with Gasteiger partial charge in [0.1, 0.15) is 11.3 Å². The van der Waals surface area contributed by atoms with E-state index < -0.39 is 9.84 Å². The van der Waals surface area contributed by atoms with Crippen LogP contribution in [0.3, 0.4) is 0 Å². The van der Waals surface area contributed by atoms with Crippen LogP contribution in [0, 0.1) is 5.92 Å². The van der Waals surface area contributed by atoms with Gasteiger partial charge in [0.05, 0.1) is 11.5 Å². The van der Waals surface area contributed by atoms with Gasteiger partial charge in [-0.2, -0.15) is 5.10 Å². The number of carbonyl (C=O) groups is 1. The minimum absolute atomic E-state index is 0.0900. The predicted molar refractivity (Wildman–Crippen MR) is 97.3 cm³/mol. The maximum absolute atomic E-state index is 12.0. The van der Waals surface area contributed by atoms with Crippen molar-refractivity contribution in [1.29, 1.82) is 0 Å². The van der Waals surface area contributed by atoms with E-state index in [-0.39, 0.29) is 29.8 Å². The highest BCUT2D eigenvalue weighted by atomic mass is 32.2. The molecule has 1 amide bonds. The molecule has 0 bridgehead atoms. The van der Waals surface area contributed by atoms with Gasteiger partial charge in [-0.05, 0) is 31.7 Å². The molecule has 1 aromatic carbocycles. The zero-order valence-corrected chi connectivity index (χ0v) is 15.2. The molecule has 1 aromatic heterocycles. The normalized spacial score (nSPS) is 20.1. The third-order valence-corrected chi connectivity index (χ3v) is 6.37. The molecule has 6 nitrogen and oxygen atoms in total. The first-order chi connectivity index (χ1) is 11.9. The smallest absolute Gasteiger partial charge is 0.240 e. The van der Waals surface area contributed by atoms with Crippen molar-refractivity contribution >= 4 is 32.4 Å². The fraction of sp³-hybridized carbons (Fsp3) is 0.444. The van der Waals surface area contributed by atoms with E-state index >= 15 is 0 Å². The van der Waals surface area contributed by atoms with Gasteiger partial charge in [0.2, 0.25) is 5.91 Å². The van der Waals surface area contributed by atoms with Gasteiger partial charge < -0.3 is 4.42 Å². The summed E-state index contributed by atoms with van der Waals surface area (Å²) < 4.78 is 28.8. The molecule has 0 unspecified atom stereocenters. The van der Waals surface area contributed by atoms with Crippen LogP contribution >= 0.6 is 0 Å². The highest BCUT2D eigenvalue weighted by Crippen LogP contribution is 2.27. The molecular formula is C18H22N2O4S. The van der Waals surface area contributed by atoms with Crippen molar-refractivity contribution in [1.82, 2.24) is 5.43 Å². The van der Waals surface area contributed by atoms with Crippen LogP contribution in [0.25, 0.3) is 11.0 Å². The first-order valence-corrected chi connectivity index (χ1v) is 10.3. The Morgan fingerprint density at radius 1 is 1.36 bits per heavy atom. The predicted octanol–water partition coefficient (Wildman–Crippen LogP) is 2.66. The fourth-order valence-electron chi connectivity index (χ4n) is 3.28. The number of amides is 1. The third kappa shape index (κ3) is 3.92. The summed E-state index contributed by atoms with van der Waals surface area (Å²) in [6, 6.07) is 7.79. The molecular weight excluding hydrogens is 340 g/mol. The van der Waals surface area contributed by atoms with Gasteiger partial charge in [-0.1, -0.05) is 25.1 Å². The van der Waals surface area contributed by atoms with Crippen LogP contribution in [0.5, 0.6) is 0 Å². The highest BCUT2D eigenvalue weighted by Gasteiger charge is 2.29. The van der Waals surface area contributed by atoms with E-state index in [1.54, 1.807) is 6.92 Å². The summed E-state index contributed by atoms with van der Waals surface area (Å²) in [6.07, 6.45) is 1.52. The number of benzene rings is 1. The van der Waals surface area contributed by atoms with Crippen LogP contribution in [0.4, 0.5) is 0 Å². The number of hydrogen-bond donors (Lipinski definition) is 1. The van der Waals surface area contributed by atoms with E-state index in [2.05, 4.69) is 10.5 Å². The zero-order chi connectivity index (χ0) is 18.0. The molecule has 1 aliphatic heterocycles. The number of hydrogen-bond acceptors (Lipinski definition) is 5. The number of aryl methyl sites for hydroxylation is 1. The Bertz CT molecular complexity index is 928. The van der Waals surface area contributed by atoms with E-state index in [1.807, 2.05) is 31.2 Å². The molecule has 1 aliphatic rings. The number of furan rings is 1. The molecule has 1 N–H and O–H groups in total. The van der Waals surface area contributed by atoms with Crippen molar-refractivity contribution < 1.29 is 17.6 Å². The molecule has 134 valence electrons. The van der Waals surface area contributed by atoms with Gasteiger partial charge in [-0.25, -0.2) is 13.8 Å². The molecule has 1 atom stereocenters. The summed E-state index contributed by atoms with van der Waals surface area (Å²) in [5.74, 6) is 0.555. The van der Waals surface area contributed by atoms with Crippen molar-refractivity contribution in [2.45, 2.75) is 33.1 Å². The van der Waals surface area contributed by atoms with E-state index in [0.717, 1.165) is 23.0 Å². The zero-order valence-electron chi connectivity index (χ0n) is 14.4. The number of hydrazone groups is 1. The van der Waals surface area contributed by atoms with Gasteiger partial charge in [-0.15, -0.1) is 0 Å². The first kappa shape index (κ1) is 17.7. The van der Waals surface area contributed by atoms with Crippen molar-refractivity contribution in [2.24, 2.45) is 11.0 Å². The van der Waals surface area contributed by atoms with Gasteiger partial charge in [0.25, 0.3) is 0 Å². The molecule has 0 aliphatic carbocycles. The maximum atomic E-state index is 12.0. The number of nitrogens with zero attached hydrogens (tertiary/aromatic N) is 1. The number of sulfone groups is 1. The van der Waals surface area contributed by atoms with Crippen LogP contribution in [0.1, 0.15) is 38.0 Å². The molecule has 1 fully saturated rings. The van der Waals surface area contributed by atoms with Crippen LogP contribution in [0.2, 0.25) is 0 Å². The summed E-state index contributed by atoms with van der Waals surface area (Å²) in [7, 11) is -2.97. The Kier molecular flexibility index (Phi) is 4.94. The summed E-state index contributed by atoms with van der Waals surface area (Å²) in [6.45, 7) is 3.84. The topological polar surface area (TPSA) is 88.7 Å². The summed E-state index contributed by atoms with van der Waals surface area (Å²) in [5, 5.41) is 5.20. The number of carbonyl (C=O) groups excluding carboxylic acids is 1. The fourth-order valence-corrected chi connectivity index (χ4v) is 5.14. The second kappa shape index (κ2) is 7.00. The van der Waals surface area contributed by atoms with Gasteiger partial charge in [-0.3, -0.25) is 4.79 Å². The quantitative estimate of drug-likeness (QED) is 0.654. The van der Waals surface area contributed by atoms with Crippen molar-refractivity contribution in [3.05, 3.63) is 35.6 Å². The number of nitrogens with one attached hydrogen (secondary N) is 1. The summed E-state index contributed by atoms with van der Waals surface area (Å²) >= 11 is 0. The van der Waals surface area contributed by atoms with E-state index in [1.165, 1.54) is 0 Å². The lowest BCUT2D eigenvalue weighted by atomic mass is 10.1. The van der Waals surface area contributed by atoms with Crippen LogP contribution in [0.15, 0.2) is 33.8 Å². The highest BCUT2D eigenvalue weighted by molar-refractivity contribution is 7.91. The molecule has 25 heavy (non-hydrogen) atoms. The lowest BCUT2D eigenvalue weighted by Gasteiger charge is -2.06. The molecule has 0 radical (unpaired) electrons. The van der Waals surface area contributed by atoms with Crippen LogP contribution < -0.4 is 5.43 Å². The second-order valence-electron chi connectivity index (χ2n) is 6.46. The Morgan fingerprint density at radius 2 is 2.12 bits per heavy atom. The minimum Gasteiger partial charge on any atom is -0.454 e. The van der Waals surface area contributed by atoms with E-state index in [0.29, 0.717) is 17.9 Å². The van der Waals surface area contributed by atoms with E-state index in [4.69, 9.17) is 4.42 Å². The Labute approximate surface area is 147 Å². The first-order valence-electron chi connectivity index (χ1n) is 8.44. The maximum Gasteiger partial charge on any atom is 0.240 e. The average molecular weight is 362 g/mol. The standard InChI is InChI=1S/C18H22N2O4S/c1-3-14-15-6-4-5-7-16(15)24-18(14)12(2)19-20-17(21)10-13-8-9-25(22,23)11-13/h4-7,13H,3,8-11H2,1-2H3,(H,20,21)/b19-12-/t13-/m0/s1. The molecule has 0 spiro atoms. The lowest BCUT2D eigenvalue weighted by molar-refractivity contribution is -0.121. The third-order valence-electron chi connectivity index (χ3n) is 4.53. The summed E-state index contributed by atoms with van der Waals surface area (Å²) in [5.41, 5.74) is 4.98. The molecule has 0 saturated carbocycles. The molecule has 2 aromatic rings. The van der Waals surface area contributed by atoms with Crippen molar-refractivity contribution in [3.63, 3.8) is 0 Å². The lowest BCUT2D eigenvalue weighted by Crippen LogP contribution is -2.22. The Morgan fingerprint density at radius 3 is 2.80 bits per heavy atom. The van der Waals surface area contributed by atoms with Crippen molar-refractivity contribution in [2.75, 3.05) is 11.5 Å². The summed E-state index contributed by atoms with van der Waals surface area (Å²) in [4.78, 5) is 12.0. The van der Waals surface area contributed by atoms with Crippen molar-refractivity contribution in [3.8, 4) is 0 Å². The van der Waals surface area contributed by atoms with E-state index in [9.17, 15) is 13.2 Å². The Hall–Kier alpha value is -2.15. The van der Waals surface area contributed by atoms with Gasteiger partial charge >= 0.3 is 0 Å². The molecule has 2 heterocycles. The molecule has 3 rings (SSSR count). The van der Waals surface area contributed by atoms with Crippen LogP contribution in [-0.2, 0) is 21.1 Å². The molecule has 7 heteroatoms. The van der Waals surface area contributed by atoms with Gasteiger partial charge in [0, 0.05) is 17.4 Å². The van der Waals surface area contributed by atoms with Crippen LogP contribution in [-0.4, -0.2) is 31.5 Å². The largest absolute Gasteiger partial charge is 0.454 e. The Balaban J connectivity index is 1.70.